The molecule has 0 spiro atoms. The Kier molecular flexibility index (Phi) is 3.53. The van der Waals surface area contributed by atoms with Gasteiger partial charge in [0.15, 0.2) is 0 Å². The number of carbonyl (C=O) groups excluding carboxylic acids is 1. The van der Waals surface area contributed by atoms with Crippen molar-refractivity contribution in [2.24, 2.45) is 0 Å². The van der Waals surface area contributed by atoms with E-state index < -0.39 is 0 Å². The van der Waals surface area contributed by atoms with Crippen LogP contribution in [0.4, 0.5) is 5.69 Å². The maximum absolute atomic E-state index is 12.2. The third-order valence-electron chi connectivity index (χ3n) is 3.84. The van der Waals surface area contributed by atoms with Gasteiger partial charge in [0.05, 0.1) is 5.92 Å². The van der Waals surface area contributed by atoms with Crippen molar-refractivity contribution in [3.8, 4) is 0 Å². The molecule has 3 heteroatoms. The summed E-state index contributed by atoms with van der Waals surface area (Å²) in [5, 5.41) is 3.02. The first kappa shape index (κ1) is 13.3. The minimum Gasteiger partial charge on any atom is -0.325 e. The zero-order chi connectivity index (χ0) is 14.1. The monoisotopic (exact) mass is 283 g/mol. The van der Waals surface area contributed by atoms with E-state index in [0.717, 1.165) is 23.2 Å². The van der Waals surface area contributed by atoms with Crippen LogP contribution < -0.4 is 5.32 Å². The summed E-state index contributed by atoms with van der Waals surface area (Å²) in [6, 6.07) is 14.6. The number of hydrogen-bond acceptors (Lipinski definition) is 2. The molecule has 0 fully saturated rings. The Labute approximate surface area is 123 Å². The Morgan fingerprint density at radius 3 is 2.60 bits per heavy atom. The van der Waals surface area contributed by atoms with E-state index in [-0.39, 0.29) is 11.8 Å². The third-order valence-corrected chi connectivity index (χ3v) is 4.59. The quantitative estimate of drug-likeness (QED) is 0.863. The predicted molar refractivity (Wildman–Crippen MR) is 84.5 cm³/mol. The number of carbonyl (C=O) groups is 1. The lowest BCUT2D eigenvalue weighted by Crippen LogP contribution is -2.14. The molecule has 0 saturated heterocycles. The lowest BCUT2D eigenvalue weighted by atomic mass is 9.92. The lowest BCUT2D eigenvalue weighted by Gasteiger charge is -2.09. The Morgan fingerprint density at radius 1 is 1.15 bits per heavy atom. The zero-order valence-corrected chi connectivity index (χ0v) is 12.5. The molecule has 1 aliphatic rings. The van der Waals surface area contributed by atoms with Crippen LogP contribution in [0.3, 0.4) is 0 Å². The number of fused-ring (bicyclic) bond motifs is 1. The first-order chi connectivity index (χ1) is 9.69. The van der Waals surface area contributed by atoms with Gasteiger partial charge in [-0.05, 0) is 48.4 Å². The number of amides is 1. The van der Waals surface area contributed by atoms with Gasteiger partial charge >= 0.3 is 0 Å². The van der Waals surface area contributed by atoms with Crippen molar-refractivity contribution in [2.45, 2.75) is 24.2 Å². The molecule has 0 saturated carbocycles. The molecule has 1 aliphatic heterocycles. The molecule has 0 unspecified atom stereocenters. The Bertz CT molecular complexity index is 649. The summed E-state index contributed by atoms with van der Waals surface area (Å²) in [5.41, 5.74) is 4.47. The molecule has 2 nitrogen and oxygen atoms in total. The average molecular weight is 283 g/mol. The van der Waals surface area contributed by atoms with Crippen LogP contribution in [0.2, 0.25) is 0 Å². The van der Waals surface area contributed by atoms with Crippen molar-refractivity contribution in [3.05, 3.63) is 59.2 Å². The van der Waals surface area contributed by atoms with E-state index in [9.17, 15) is 4.79 Å². The van der Waals surface area contributed by atoms with Crippen LogP contribution >= 0.6 is 11.8 Å². The van der Waals surface area contributed by atoms with E-state index in [4.69, 9.17) is 0 Å². The molecule has 0 radical (unpaired) electrons. The van der Waals surface area contributed by atoms with Gasteiger partial charge in [-0.3, -0.25) is 4.79 Å². The molecule has 1 amide bonds. The van der Waals surface area contributed by atoms with E-state index in [1.807, 2.05) is 19.1 Å². The second kappa shape index (κ2) is 5.33. The number of para-hydroxylation sites is 1. The highest BCUT2D eigenvalue weighted by atomic mass is 32.2. The van der Waals surface area contributed by atoms with Gasteiger partial charge in [0.1, 0.15) is 0 Å². The summed E-state index contributed by atoms with van der Waals surface area (Å²) in [7, 11) is 0. The van der Waals surface area contributed by atoms with Crippen LogP contribution in [0.1, 0.15) is 22.6 Å². The number of benzene rings is 2. The average Bonchev–Trinajstić information content (AvgIpc) is 2.78. The van der Waals surface area contributed by atoms with Crippen LogP contribution in [0.5, 0.6) is 0 Å². The van der Waals surface area contributed by atoms with Crippen molar-refractivity contribution in [1.29, 1.82) is 0 Å². The smallest absolute Gasteiger partial charge is 0.232 e. The van der Waals surface area contributed by atoms with Gasteiger partial charge in [0.2, 0.25) is 5.91 Å². The van der Waals surface area contributed by atoms with Gasteiger partial charge in [0.25, 0.3) is 0 Å². The van der Waals surface area contributed by atoms with Crippen molar-refractivity contribution >= 4 is 23.4 Å². The van der Waals surface area contributed by atoms with E-state index in [1.165, 1.54) is 10.5 Å². The number of nitrogens with one attached hydrogen (secondary N) is 1. The highest BCUT2D eigenvalue weighted by Gasteiger charge is 2.31. The number of anilines is 1. The molecule has 1 atom stereocenters. The minimum absolute atomic E-state index is 0.0648. The first-order valence-electron chi connectivity index (χ1n) is 6.72. The van der Waals surface area contributed by atoms with Crippen LogP contribution in [-0.4, -0.2) is 12.2 Å². The van der Waals surface area contributed by atoms with Gasteiger partial charge in [0, 0.05) is 10.6 Å². The third kappa shape index (κ3) is 2.34. The molecule has 20 heavy (non-hydrogen) atoms. The van der Waals surface area contributed by atoms with E-state index in [0.29, 0.717) is 0 Å². The summed E-state index contributed by atoms with van der Waals surface area (Å²) in [6.07, 6.45) is 2.83. The minimum atomic E-state index is -0.0648. The summed E-state index contributed by atoms with van der Waals surface area (Å²) in [5.74, 6) is 0.0493. The van der Waals surface area contributed by atoms with Crippen molar-refractivity contribution in [1.82, 2.24) is 0 Å². The standard InChI is InChI=1S/C17H17NOS/c1-11-4-3-5-14-15(17(19)18-16(11)14)10-12-6-8-13(20-2)9-7-12/h3-9,15H,10H2,1-2H3,(H,18,19)/t15-/m0/s1. The molecule has 102 valence electrons. The Hall–Kier alpha value is -1.74. The summed E-state index contributed by atoms with van der Waals surface area (Å²) >= 11 is 1.73. The zero-order valence-electron chi connectivity index (χ0n) is 11.6. The van der Waals surface area contributed by atoms with Gasteiger partial charge < -0.3 is 5.32 Å². The molecular formula is C17H17NOS. The van der Waals surface area contributed by atoms with Gasteiger partial charge in [-0.25, -0.2) is 0 Å². The molecule has 2 aromatic carbocycles. The van der Waals surface area contributed by atoms with Crippen LogP contribution in [0, 0.1) is 6.92 Å². The van der Waals surface area contributed by atoms with Crippen LogP contribution in [0.25, 0.3) is 0 Å². The van der Waals surface area contributed by atoms with Crippen molar-refractivity contribution in [2.75, 3.05) is 11.6 Å². The fourth-order valence-electron chi connectivity index (χ4n) is 2.70. The molecule has 1 N–H and O–H groups in total. The molecule has 0 bridgehead atoms. The van der Waals surface area contributed by atoms with Gasteiger partial charge in [-0.15, -0.1) is 11.8 Å². The van der Waals surface area contributed by atoms with E-state index in [1.54, 1.807) is 11.8 Å². The maximum atomic E-state index is 12.2. The topological polar surface area (TPSA) is 29.1 Å². The summed E-state index contributed by atoms with van der Waals surface area (Å²) < 4.78 is 0. The Balaban J connectivity index is 1.88. The molecule has 3 rings (SSSR count). The molecule has 0 aliphatic carbocycles. The second-order valence-corrected chi connectivity index (χ2v) is 6.01. The Morgan fingerprint density at radius 2 is 1.90 bits per heavy atom. The highest BCUT2D eigenvalue weighted by Crippen LogP contribution is 2.36. The van der Waals surface area contributed by atoms with E-state index in [2.05, 4.69) is 41.9 Å². The second-order valence-electron chi connectivity index (χ2n) is 5.13. The fraction of sp³-hybridized carbons (Fsp3) is 0.235. The number of aryl methyl sites for hydroxylation is 1. The maximum Gasteiger partial charge on any atom is 0.232 e. The van der Waals surface area contributed by atoms with Gasteiger partial charge in [-0.2, -0.15) is 0 Å². The van der Waals surface area contributed by atoms with E-state index >= 15 is 0 Å². The summed E-state index contributed by atoms with van der Waals surface area (Å²) in [6.45, 7) is 2.04. The largest absolute Gasteiger partial charge is 0.325 e. The first-order valence-corrected chi connectivity index (χ1v) is 7.95. The normalized spacial score (nSPS) is 16.9. The SMILES string of the molecule is CSc1ccc(C[C@@H]2C(=O)Nc3c(C)cccc32)cc1. The molecule has 0 aromatic heterocycles. The van der Waals surface area contributed by atoms with Gasteiger partial charge in [-0.1, -0.05) is 30.3 Å². The predicted octanol–water partition coefficient (Wildman–Crippen LogP) is 4.00. The highest BCUT2D eigenvalue weighted by molar-refractivity contribution is 7.98. The lowest BCUT2D eigenvalue weighted by molar-refractivity contribution is -0.117. The van der Waals surface area contributed by atoms with Crippen molar-refractivity contribution < 1.29 is 4.79 Å². The number of rotatable bonds is 3. The summed E-state index contributed by atoms with van der Waals surface area (Å²) in [4.78, 5) is 13.4. The molecule has 2 aromatic rings. The van der Waals surface area contributed by atoms with Crippen LogP contribution in [-0.2, 0) is 11.2 Å². The molecule has 1 heterocycles. The number of hydrogen-bond donors (Lipinski definition) is 1. The number of thioether (sulfide) groups is 1. The molecular weight excluding hydrogens is 266 g/mol. The van der Waals surface area contributed by atoms with Crippen molar-refractivity contribution in [3.63, 3.8) is 0 Å². The fourth-order valence-corrected chi connectivity index (χ4v) is 3.11. The van der Waals surface area contributed by atoms with Crippen LogP contribution in [0.15, 0.2) is 47.4 Å².